The van der Waals surface area contributed by atoms with Crippen molar-refractivity contribution in [3.05, 3.63) is 0 Å². The second-order valence-electron chi connectivity index (χ2n) is 2.13. The summed E-state index contributed by atoms with van der Waals surface area (Å²) in [6, 6.07) is 0. The van der Waals surface area contributed by atoms with Crippen LogP contribution in [0.3, 0.4) is 0 Å². The molecule has 0 spiro atoms. The monoisotopic (exact) mass is 214 g/mol. The van der Waals surface area contributed by atoms with Gasteiger partial charge in [-0.3, -0.25) is 4.57 Å². The van der Waals surface area contributed by atoms with Crippen molar-refractivity contribution in [2.45, 2.75) is 6.42 Å². The van der Waals surface area contributed by atoms with E-state index in [2.05, 4.69) is 15.9 Å². The van der Waals surface area contributed by atoms with Gasteiger partial charge in [-0.05, 0) is 6.42 Å². The van der Waals surface area contributed by atoms with Crippen LogP contribution in [-0.2, 0) is 9.09 Å². The molecule has 0 saturated heterocycles. The van der Waals surface area contributed by atoms with Crippen LogP contribution in [0.25, 0.3) is 0 Å². The van der Waals surface area contributed by atoms with E-state index >= 15 is 0 Å². The molecule has 0 N–H and O–H groups in total. The zero-order valence-electron chi connectivity index (χ0n) is 5.76. The molecule has 0 saturated carbocycles. The maximum Gasteiger partial charge on any atom is 0.197 e. The highest BCUT2D eigenvalue weighted by molar-refractivity contribution is 9.09. The van der Waals surface area contributed by atoms with E-state index in [0.29, 0.717) is 6.61 Å². The molecule has 0 aliphatic rings. The fourth-order valence-electron chi connectivity index (χ4n) is 0.339. The Balaban J connectivity index is 3.18. The van der Waals surface area contributed by atoms with Gasteiger partial charge in [-0.25, -0.2) is 0 Å². The van der Waals surface area contributed by atoms with Gasteiger partial charge in [0.2, 0.25) is 0 Å². The summed E-state index contributed by atoms with van der Waals surface area (Å²) in [5, 5.41) is 0.910. The summed E-state index contributed by atoms with van der Waals surface area (Å²) in [4.78, 5) is 0. The summed E-state index contributed by atoms with van der Waals surface area (Å²) in [5.74, 6) is 0. The van der Waals surface area contributed by atoms with E-state index in [4.69, 9.17) is 4.52 Å². The van der Waals surface area contributed by atoms with Crippen molar-refractivity contribution in [3.63, 3.8) is 0 Å². The Bertz CT molecular complexity index is 110. The Kier molecular flexibility index (Phi) is 4.81. The lowest BCUT2D eigenvalue weighted by atomic mass is 10.5. The zero-order chi connectivity index (χ0) is 7.33. The molecular formula is C5H12BrO2P. The van der Waals surface area contributed by atoms with Gasteiger partial charge >= 0.3 is 0 Å². The van der Waals surface area contributed by atoms with Crippen LogP contribution in [0.15, 0.2) is 0 Å². The van der Waals surface area contributed by atoms with Crippen LogP contribution in [0, 0.1) is 0 Å². The van der Waals surface area contributed by atoms with Crippen molar-refractivity contribution < 1.29 is 9.09 Å². The maximum absolute atomic E-state index is 10.9. The Hall–Kier alpha value is 0.670. The molecule has 0 aromatic heterocycles. The third-order valence-corrected chi connectivity index (χ3v) is 2.05. The van der Waals surface area contributed by atoms with Gasteiger partial charge in [-0.2, -0.15) is 0 Å². The third kappa shape index (κ3) is 8.67. The van der Waals surface area contributed by atoms with Crippen LogP contribution in [-0.4, -0.2) is 25.3 Å². The van der Waals surface area contributed by atoms with E-state index in [1.807, 2.05) is 0 Å². The topological polar surface area (TPSA) is 26.3 Å². The van der Waals surface area contributed by atoms with Gasteiger partial charge < -0.3 is 4.52 Å². The van der Waals surface area contributed by atoms with Crippen molar-refractivity contribution in [3.8, 4) is 0 Å². The van der Waals surface area contributed by atoms with Crippen LogP contribution in [0.4, 0.5) is 0 Å². The van der Waals surface area contributed by atoms with E-state index in [9.17, 15) is 4.57 Å². The number of rotatable bonds is 4. The SMILES string of the molecule is CP(C)(=O)OCCCBr. The van der Waals surface area contributed by atoms with Crippen LogP contribution in [0.2, 0.25) is 0 Å². The Morgan fingerprint density at radius 1 is 1.56 bits per heavy atom. The molecule has 0 aromatic carbocycles. The Morgan fingerprint density at radius 2 is 2.11 bits per heavy atom. The minimum atomic E-state index is -2.22. The highest BCUT2D eigenvalue weighted by Gasteiger charge is 2.04. The van der Waals surface area contributed by atoms with Crippen molar-refractivity contribution in [2.75, 3.05) is 25.3 Å². The van der Waals surface area contributed by atoms with E-state index < -0.39 is 7.37 Å². The summed E-state index contributed by atoms with van der Waals surface area (Å²) in [7, 11) is -2.22. The molecule has 56 valence electrons. The van der Waals surface area contributed by atoms with E-state index in [1.54, 1.807) is 13.3 Å². The average Bonchev–Trinajstić information content (AvgIpc) is 1.63. The van der Waals surface area contributed by atoms with Crippen LogP contribution in [0.5, 0.6) is 0 Å². The molecule has 0 aromatic rings. The van der Waals surface area contributed by atoms with E-state index in [-0.39, 0.29) is 0 Å². The van der Waals surface area contributed by atoms with Crippen molar-refractivity contribution >= 4 is 23.3 Å². The summed E-state index contributed by atoms with van der Waals surface area (Å²) in [6.45, 7) is 3.85. The first-order chi connectivity index (χ1) is 4.06. The lowest BCUT2D eigenvalue weighted by Gasteiger charge is -2.05. The highest BCUT2D eigenvalue weighted by Crippen LogP contribution is 2.36. The smallest absolute Gasteiger partial charge is 0.197 e. The van der Waals surface area contributed by atoms with E-state index in [1.165, 1.54) is 0 Å². The molecular weight excluding hydrogens is 203 g/mol. The predicted octanol–water partition coefficient (Wildman–Crippen LogP) is 2.33. The molecule has 0 unspecified atom stereocenters. The quantitative estimate of drug-likeness (QED) is 0.408. The summed E-state index contributed by atoms with van der Waals surface area (Å²) >= 11 is 3.25. The molecule has 0 atom stereocenters. The van der Waals surface area contributed by atoms with E-state index in [0.717, 1.165) is 11.8 Å². The zero-order valence-corrected chi connectivity index (χ0v) is 8.24. The van der Waals surface area contributed by atoms with Gasteiger partial charge in [0.15, 0.2) is 7.37 Å². The fraction of sp³-hybridized carbons (Fsp3) is 1.00. The second-order valence-corrected chi connectivity index (χ2v) is 5.68. The normalized spacial score (nSPS) is 11.9. The predicted molar refractivity (Wildman–Crippen MR) is 43.8 cm³/mol. The Labute approximate surface area is 64.6 Å². The number of halogens is 1. The van der Waals surface area contributed by atoms with Crippen LogP contribution >= 0.6 is 23.3 Å². The fourth-order valence-corrected chi connectivity index (χ4v) is 1.14. The molecule has 0 amide bonds. The lowest BCUT2D eigenvalue weighted by molar-refractivity contribution is 0.322. The maximum atomic E-state index is 10.9. The first-order valence-corrected chi connectivity index (χ1v) is 6.46. The van der Waals surface area contributed by atoms with Gasteiger partial charge in [-0.15, -0.1) is 0 Å². The molecule has 9 heavy (non-hydrogen) atoms. The highest BCUT2D eigenvalue weighted by atomic mass is 79.9. The van der Waals surface area contributed by atoms with Crippen molar-refractivity contribution in [1.29, 1.82) is 0 Å². The molecule has 0 aliphatic heterocycles. The average molecular weight is 215 g/mol. The number of alkyl halides is 1. The second kappa shape index (κ2) is 4.48. The van der Waals surface area contributed by atoms with Gasteiger partial charge in [0.25, 0.3) is 0 Å². The first-order valence-electron chi connectivity index (χ1n) is 2.82. The molecule has 0 heterocycles. The standard InChI is InChI=1S/C5H12BrO2P/c1-9(2,7)8-5-3-4-6/h3-5H2,1-2H3. The molecule has 0 bridgehead atoms. The van der Waals surface area contributed by atoms with Gasteiger partial charge in [0, 0.05) is 18.7 Å². The summed E-state index contributed by atoms with van der Waals surface area (Å²) in [6.07, 6.45) is 0.922. The minimum Gasteiger partial charge on any atom is -0.329 e. The molecule has 0 rings (SSSR count). The summed E-state index contributed by atoms with van der Waals surface area (Å²) < 4.78 is 15.8. The molecule has 0 radical (unpaired) electrons. The third-order valence-electron chi connectivity index (χ3n) is 0.680. The molecule has 2 nitrogen and oxygen atoms in total. The molecule has 0 fully saturated rings. The molecule has 0 aliphatic carbocycles. The number of hydrogen-bond donors (Lipinski definition) is 0. The minimum absolute atomic E-state index is 0.593. The largest absolute Gasteiger partial charge is 0.329 e. The van der Waals surface area contributed by atoms with Crippen LogP contribution < -0.4 is 0 Å². The summed E-state index contributed by atoms with van der Waals surface area (Å²) in [5.41, 5.74) is 0. The number of hydrogen-bond acceptors (Lipinski definition) is 2. The lowest BCUT2D eigenvalue weighted by Crippen LogP contribution is -1.90. The van der Waals surface area contributed by atoms with Gasteiger partial charge in [-0.1, -0.05) is 15.9 Å². The van der Waals surface area contributed by atoms with Crippen LogP contribution in [0.1, 0.15) is 6.42 Å². The molecule has 4 heteroatoms. The first kappa shape index (κ1) is 9.67. The van der Waals surface area contributed by atoms with Gasteiger partial charge in [0.1, 0.15) is 0 Å². The van der Waals surface area contributed by atoms with Crippen molar-refractivity contribution in [2.24, 2.45) is 0 Å². The Morgan fingerprint density at radius 3 is 2.44 bits per heavy atom. The van der Waals surface area contributed by atoms with Crippen molar-refractivity contribution in [1.82, 2.24) is 0 Å². The van der Waals surface area contributed by atoms with Gasteiger partial charge in [0.05, 0.1) is 6.61 Å².